The highest BCUT2D eigenvalue weighted by Gasteiger charge is 2.47. The van der Waals surface area contributed by atoms with Gasteiger partial charge in [0, 0.05) is 13.2 Å². The van der Waals surface area contributed by atoms with Crippen molar-refractivity contribution in [1.29, 1.82) is 0 Å². The Morgan fingerprint density at radius 1 is 1.29 bits per heavy atom. The van der Waals surface area contributed by atoms with E-state index in [1.165, 1.54) is 0 Å². The molecule has 2 amide bonds. The zero-order chi connectivity index (χ0) is 15.9. The fourth-order valence-electron chi connectivity index (χ4n) is 2.69. The molecule has 1 N–H and O–H groups in total. The maximum absolute atomic E-state index is 12.9. The molecule has 0 spiro atoms. The van der Waals surface area contributed by atoms with Crippen molar-refractivity contribution in [3.8, 4) is 0 Å². The highest BCUT2D eigenvalue weighted by atomic mass is 16.2. The van der Waals surface area contributed by atoms with Crippen LogP contribution in [0.1, 0.15) is 34.6 Å². The maximum atomic E-state index is 12.9. The molecule has 1 saturated heterocycles. The van der Waals surface area contributed by atoms with E-state index in [2.05, 4.69) is 10.4 Å². The van der Waals surface area contributed by atoms with Crippen molar-refractivity contribution < 1.29 is 9.59 Å². The molecule has 0 radical (unpaired) electrons. The second-order valence-corrected chi connectivity index (χ2v) is 7.08. The van der Waals surface area contributed by atoms with Crippen molar-refractivity contribution in [2.45, 2.75) is 46.7 Å². The number of nitrogens with zero attached hydrogens (tertiary/aromatic N) is 3. The molecule has 2 unspecified atom stereocenters. The molecule has 0 bridgehead atoms. The Labute approximate surface area is 125 Å². The molecule has 1 aromatic heterocycles. The summed E-state index contributed by atoms with van der Waals surface area (Å²) >= 11 is 0. The molecule has 1 fully saturated rings. The number of hydrogen-bond donors (Lipinski definition) is 1. The number of anilines is 1. The van der Waals surface area contributed by atoms with E-state index in [0.29, 0.717) is 5.69 Å². The van der Waals surface area contributed by atoms with Crippen molar-refractivity contribution >= 4 is 17.5 Å². The number of carbonyl (C=O) groups excluding carboxylic acids is 2. The Balaban J connectivity index is 2.47. The number of aryl methyl sites for hydroxylation is 1. The molecule has 0 aliphatic carbocycles. The summed E-state index contributed by atoms with van der Waals surface area (Å²) in [6.07, 6.45) is 3.40. The minimum Gasteiger partial charge on any atom is -0.342 e. The van der Waals surface area contributed by atoms with Crippen molar-refractivity contribution in [3.05, 3.63) is 12.4 Å². The summed E-state index contributed by atoms with van der Waals surface area (Å²) in [7, 11) is 1.80. The van der Waals surface area contributed by atoms with Crippen molar-refractivity contribution in [2.24, 2.45) is 18.4 Å². The summed E-state index contributed by atoms with van der Waals surface area (Å²) in [4.78, 5) is 27.0. The molecule has 116 valence electrons. The van der Waals surface area contributed by atoms with E-state index >= 15 is 0 Å². The standard InChI is InChI=1S/C15H24N4O2/c1-9(2)11-13(20)17-12(15(3,4)5)14(21)19(11)10-7-16-18(6)8-10/h7-9,11-12H,1-6H3,(H,17,20). The van der Waals surface area contributed by atoms with E-state index in [1.54, 1.807) is 29.0 Å². The lowest BCUT2D eigenvalue weighted by Crippen LogP contribution is -2.68. The molecule has 6 heteroatoms. The van der Waals surface area contributed by atoms with Gasteiger partial charge in [0.1, 0.15) is 12.1 Å². The van der Waals surface area contributed by atoms with Crippen LogP contribution < -0.4 is 10.2 Å². The maximum Gasteiger partial charge on any atom is 0.250 e. The third-order valence-corrected chi connectivity index (χ3v) is 3.78. The second kappa shape index (κ2) is 5.16. The molecule has 2 heterocycles. The van der Waals surface area contributed by atoms with Gasteiger partial charge in [0.15, 0.2) is 0 Å². The lowest BCUT2D eigenvalue weighted by Gasteiger charge is -2.44. The Morgan fingerprint density at radius 2 is 1.90 bits per heavy atom. The molecule has 0 aromatic carbocycles. The molecule has 1 aromatic rings. The van der Waals surface area contributed by atoms with Gasteiger partial charge in [-0.15, -0.1) is 0 Å². The van der Waals surface area contributed by atoms with Gasteiger partial charge >= 0.3 is 0 Å². The topological polar surface area (TPSA) is 67.2 Å². The first-order chi connectivity index (χ1) is 9.62. The summed E-state index contributed by atoms with van der Waals surface area (Å²) in [5.74, 6) is -0.155. The number of piperazine rings is 1. The Bertz CT molecular complexity index is 556. The first-order valence-corrected chi connectivity index (χ1v) is 7.25. The van der Waals surface area contributed by atoms with Gasteiger partial charge < -0.3 is 5.32 Å². The van der Waals surface area contributed by atoms with Crippen LogP contribution in [0.2, 0.25) is 0 Å². The lowest BCUT2D eigenvalue weighted by molar-refractivity contribution is -0.137. The van der Waals surface area contributed by atoms with E-state index in [4.69, 9.17) is 0 Å². The van der Waals surface area contributed by atoms with Crippen molar-refractivity contribution in [2.75, 3.05) is 4.90 Å². The molecule has 2 atom stereocenters. The highest BCUT2D eigenvalue weighted by Crippen LogP contribution is 2.30. The quantitative estimate of drug-likeness (QED) is 0.894. The van der Waals surface area contributed by atoms with Gasteiger partial charge in [-0.2, -0.15) is 5.10 Å². The predicted molar refractivity (Wildman–Crippen MR) is 80.7 cm³/mol. The van der Waals surface area contributed by atoms with Crippen LogP contribution in [0.15, 0.2) is 12.4 Å². The van der Waals surface area contributed by atoms with Gasteiger partial charge in [-0.05, 0) is 11.3 Å². The number of aromatic nitrogens is 2. The average molecular weight is 292 g/mol. The van der Waals surface area contributed by atoms with Crippen LogP contribution in [-0.2, 0) is 16.6 Å². The molecular weight excluding hydrogens is 268 g/mol. The minimum absolute atomic E-state index is 0.0232. The Morgan fingerprint density at radius 3 is 2.33 bits per heavy atom. The van der Waals surface area contributed by atoms with Crippen LogP contribution in [0.4, 0.5) is 5.69 Å². The van der Waals surface area contributed by atoms with Crippen LogP contribution in [0.5, 0.6) is 0 Å². The lowest BCUT2D eigenvalue weighted by atomic mass is 9.82. The molecule has 0 saturated carbocycles. The van der Waals surface area contributed by atoms with E-state index in [9.17, 15) is 9.59 Å². The first kappa shape index (κ1) is 15.5. The zero-order valence-corrected chi connectivity index (χ0v) is 13.5. The monoisotopic (exact) mass is 292 g/mol. The van der Waals surface area contributed by atoms with Crippen molar-refractivity contribution in [3.63, 3.8) is 0 Å². The molecule has 2 rings (SSSR count). The summed E-state index contributed by atoms with van der Waals surface area (Å²) in [5.41, 5.74) is 0.333. The third kappa shape index (κ3) is 2.80. The van der Waals surface area contributed by atoms with Gasteiger partial charge in [0.05, 0.1) is 11.9 Å². The van der Waals surface area contributed by atoms with Crippen LogP contribution >= 0.6 is 0 Å². The number of hydrogen-bond acceptors (Lipinski definition) is 3. The number of nitrogens with one attached hydrogen (secondary N) is 1. The molecule has 6 nitrogen and oxygen atoms in total. The van der Waals surface area contributed by atoms with Crippen LogP contribution in [0.25, 0.3) is 0 Å². The summed E-state index contributed by atoms with van der Waals surface area (Å²) in [6, 6.07) is -1.03. The fourth-order valence-corrected chi connectivity index (χ4v) is 2.69. The van der Waals surface area contributed by atoms with Gasteiger partial charge in [-0.25, -0.2) is 0 Å². The average Bonchev–Trinajstić information content (AvgIpc) is 2.75. The second-order valence-electron chi connectivity index (χ2n) is 7.08. The van der Waals surface area contributed by atoms with Gasteiger partial charge in [0.2, 0.25) is 5.91 Å². The van der Waals surface area contributed by atoms with Crippen molar-refractivity contribution in [1.82, 2.24) is 15.1 Å². The number of rotatable bonds is 2. The minimum atomic E-state index is -0.528. The van der Waals surface area contributed by atoms with E-state index in [1.807, 2.05) is 34.6 Å². The third-order valence-electron chi connectivity index (χ3n) is 3.78. The first-order valence-electron chi connectivity index (χ1n) is 7.25. The van der Waals surface area contributed by atoms with E-state index in [-0.39, 0.29) is 23.1 Å². The number of carbonyl (C=O) groups is 2. The molecule has 1 aliphatic heterocycles. The van der Waals surface area contributed by atoms with Gasteiger partial charge in [-0.3, -0.25) is 19.2 Å². The van der Waals surface area contributed by atoms with Gasteiger partial charge in [-0.1, -0.05) is 34.6 Å². The highest BCUT2D eigenvalue weighted by molar-refractivity contribution is 6.08. The van der Waals surface area contributed by atoms with Crippen LogP contribution in [0, 0.1) is 11.3 Å². The van der Waals surface area contributed by atoms with E-state index in [0.717, 1.165) is 0 Å². The molecule has 1 aliphatic rings. The largest absolute Gasteiger partial charge is 0.342 e. The van der Waals surface area contributed by atoms with Crippen LogP contribution in [-0.4, -0.2) is 33.7 Å². The molecule has 21 heavy (non-hydrogen) atoms. The Kier molecular flexibility index (Phi) is 3.82. The zero-order valence-electron chi connectivity index (χ0n) is 13.5. The Hall–Kier alpha value is -1.85. The summed E-state index contributed by atoms with van der Waals surface area (Å²) < 4.78 is 1.64. The van der Waals surface area contributed by atoms with Crippen LogP contribution in [0.3, 0.4) is 0 Å². The van der Waals surface area contributed by atoms with Gasteiger partial charge in [0.25, 0.3) is 5.91 Å². The fraction of sp³-hybridized carbons (Fsp3) is 0.667. The smallest absolute Gasteiger partial charge is 0.250 e. The molecular formula is C15H24N4O2. The number of amides is 2. The summed E-state index contributed by atoms with van der Waals surface area (Å²) in [6.45, 7) is 9.74. The SMILES string of the molecule is CC(C)C1C(=O)NC(C(C)(C)C)C(=O)N1c1cnn(C)c1. The normalized spacial score (nSPS) is 23.7. The summed E-state index contributed by atoms with van der Waals surface area (Å²) in [5, 5.41) is 7.01. The van der Waals surface area contributed by atoms with E-state index < -0.39 is 12.1 Å². The predicted octanol–water partition coefficient (Wildman–Crippen LogP) is 1.32.